The number of halogens is 1. The van der Waals surface area contributed by atoms with Crippen LogP contribution in [0.3, 0.4) is 0 Å². The number of benzene rings is 1. The maximum atomic E-state index is 11.7. The fourth-order valence-electron chi connectivity index (χ4n) is 2.17. The first-order chi connectivity index (χ1) is 8.96. The maximum Gasteiger partial charge on any atom is 0.340 e. The normalized spacial score (nSPS) is 10.6. The lowest BCUT2D eigenvalue weighted by Gasteiger charge is -2.29. The van der Waals surface area contributed by atoms with Crippen molar-refractivity contribution in [2.24, 2.45) is 0 Å². The second kappa shape index (κ2) is 6.80. The monoisotopic (exact) mass is 328 g/mol. The highest BCUT2D eigenvalue weighted by molar-refractivity contribution is 9.10. The number of carbonyl (C=O) groups is 1. The second-order valence-corrected chi connectivity index (χ2v) is 5.32. The summed E-state index contributed by atoms with van der Waals surface area (Å²) in [4.78, 5) is 13.9. The number of hydrogen-bond donors (Lipinski definition) is 1. The van der Waals surface area contributed by atoms with E-state index in [0.29, 0.717) is 17.3 Å². The van der Waals surface area contributed by atoms with Gasteiger partial charge in [-0.3, -0.25) is 0 Å². The topological polar surface area (TPSA) is 55.6 Å². The molecule has 0 amide bonds. The Balaban J connectivity index is 3.24. The molecule has 0 radical (unpaired) electrons. The molecule has 1 aromatic carbocycles. The average molecular weight is 329 g/mol. The molecular formula is C14H21BrN2O2. The van der Waals surface area contributed by atoms with Crippen LogP contribution in [0.1, 0.15) is 37.0 Å². The van der Waals surface area contributed by atoms with Gasteiger partial charge in [-0.2, -0.15) is 0 Å². The summed E-state index contributed by atoms with van der Waals surface area (Å²) >= 11 is 3.51. The minimum Gasteiger partial charge on any atom is -0.465 e. The van der Waals surface area contributed by atoms with Gasteiger partial charge in [-0.25, -0.2) is 4.79 Å². The lowest BCUT2D eigenvalue weighted by atomic mass is 10.1. The molecule has 5 heteroatoms. The molecular weight excluding hydrogens is 308 g/mol. The van der Waals surface area contributed by atoms with Gasteiger partial charge in [0, 0.05) is 23.2 Å². The van der Waals surface area contributed by atoms with Gasteiger partial charge < -0.3 is 15.4 Å². The quantitative estimate of drug-likeness (QED) is 0.664. The third-order valence-electron chi connectivity index (χ3n) is 3.39. The molecule has 0 unspecified atom stereocenters. The average Bonchev–Trinajstić information content (AvgIpc) is 2.39. The molecule has 0 aromatic heterocycles. The van der Waals surface area contributed by atoms with Crippen LogP contribution in [0, 0.1) is 0 Å². The van der Waals surface area contributed by atoms with E-state index in [9.17, 15) is 4.79 Å². The SMILES string of the molecule is CCC(CC)N(C)c1cc(C(=O)OC)c(N)cc1Br. The Morgan fingerprint density at radius 1 is 1.42 bits per heavy atom. The summed E-state index contributed by atoms with van der Waals surface area (Å²) in [5.41, 5.74) is 7.62. The molecule has 0 aliphatic heterocycles. The van der Waals surface area contributed by atoms with Crippen molar-refractivity contribution < 1.29 is 9.53 Å². The van der Waals surface area contributed by atoms with E-state index in [0.717, 1.165) is 23.0 Å². The Hall–Kier alpha value is -1.23. The van der Waals surface area contributed by atoms with E-state index in [1.54, 1.807) is 12.1 Å². The van der Waals surface area contributed by atoms with Gasteiger partial charge in [-0.1, -0.05) is 13.8 Å². The van der Waals surface area contributed by atoms with E-state index in [-0.39, 0.29) is 0 Å². The number of nitrogens with zero attached hydrogens (tertiary/aromatic N) is 1. The molecule has 1 aromatic rings. The predicted molar refractivity (Wildman–Crippen MR) is 82.7 cm³/mol. The van der Waals surface area contributed by atoms with Gasteiger partial charge >= 0.3 is 5.97 Å². The van der Waals surface area contributed by atoms with E-state index < -0.39 is 5.97 Å². The number of methoxy groups -OCH3 is 1. The minimum atomic E-state index is -0.413. The van der Waals surface area contributed by atoms with Gasteiger partial charge in [0.15, 0.2) is 0 Å². The zero-order chi connectivity index (χ0) is 14.6. The van der Waals surface area contributed by atoms with Gasteiger partial charge in [0.25, 0.3) is 0 Å². The summed E-state index contributed by atoms with van der Waals surface area (Å²) in [6.45, 7) is 4.30. The molecule has 0 aliphatic rings. The van der Waals surface area contributed by atoms with E-state index in [1.807, 2.05) is 7.05 Å². The molecule has 0 atom stereocenters. The summed E-state index contributed by atoms with van der Waals surface area (Å²) in [6.07, 6.45) is 2.08. The second-order valence-electron chi connectivity index (χ2n) is 4.46. The van der Waals surface area contributed by atoms with Crippen LogP contribution in [-0.2, 0) is 4.74 Å². The molecule has 0 saturated carbocycles. The molecule has 2 N–H and O–H groups in total. The predicted octanol–water partition coefficient (Wildman–Crippen LogP) is 3.44. The van der Waals surface area contributed by atoms with Crippen LogP contribution in [0.15, 0.2) is 16.6 Å². The number of carbonyl (C=O) groups excluding carboxylic acids is 1. The van der Waals surface area contributed by atoms with Crippen molar-refractivity contribution in [1.29, 1.82) is 0 Å². The van der Waals surface area contributed by atoms with Crippen LogP contribution in [0.25, 0.3) is 0 Å². The number of anilines is 2. The van der Waals surface area contributed by atoms with Crippen LogP contribution in [0.4, 0.5) is 11.4 Å². The number of ether oxygens (including phenoxy) is 1. The minimum absolute atomic E-state index is 0.401. The Kier molecular flexibility index (Phi) is 5.66. The number of hydrogen-bond acceptors (Lipinski definition) is 4. The summed E-state index contributed by atoms with van der Waals surface area (Å²) in [5, 5.41) is 0. The fraction of sp³-hybridized carbons (Fsp3) is 0.500. The number of esters is 1. The van der Waals surface area contributed by atoms with E-state index in [2.05, 4.69) is 34.7 Å². The van der Waals surface area contributed by atoms with Gasteiger partial charge in [0.2, 0.25) is 0 Å². The molecule has 0 heterocycles. The molecule has 1 rings (SSSR count). The Morgan fingerprint density at radius 2 is 2.00 bits per heavy atom. The van der Waals surface area contributed by atoms with Crippen LogP contribution < -0.4 is 10.6 Å². The molecule has 19 heavy (non-hydrogen) atoms. The number of nitrogen functional groups attached to an aromatic ring is 1. The highest BCUT2D eigenvalue weighted by Crippen LogP contribution is 2.32. The van der Waals surface area contributed by atoms with Crippen LogP contribution in [0.5, 0.6) is 0 Å². The van der Waals surface area contributed by atoms with E-state index >= 15 is 0 Å². The van der Waals surface area contributed by atoms with E-state index in [1.165, 1.54) is 7.11 Å². The van der Waals surface area contributed by atoms with Gasteiger partial charge in [-0.05, 0) is 40.9 Å². The fourth-order valence-corrected chi connectivity index (χ4v) is 2.81. The Labute approximate surface area is 123 Å². The Morgan fingerprint density at radius 3 is 2.47 bits per heavy atom. The van der Waals surface area contributed by atoms with Crippen molar-refractivity contribution >= 4 is 33.3 Å². The zero-order valence-electron chi connectivity index (χ0n) is 11.9. The molecule has 0 spiro atoms. The standard InChI is InChI=1S/C14H21BrN2O2/c1-5-9(6-2)17(3)13-7-10(14(18)19-4)12(16)8-11(13)15/h7-9H,5-6,16H2,1-4H3. The highest BCUT2D eigenvalue weighted by atomic mass is 79.9. The number of rotatable bonds is 5. The number of nitrogens with two attached hydrogens (primary N) is 1. The summed E-state index contributed by atoms with van der Waals surface area (Å²) in [6, 6.07) is 3.95. The molecule has 106 valence electrons. The molecule has 0 aliphatic carbocycles. The largest absolute Gasteiger partial charge is 0.465 e. The molecule has 0 saturated heterocycles. The Bertz CT molecular complexity index is 459. The first-order valence-corrected chi connectivity index (χ1v) is 7.15. The van der Waals surface area contributed by atoms with Crippen molar-refractivity contribution in [2.75, 3.05) is 24.8 Å². The smallest absolute Gasteiger partial charge is 0.340 e. The first kappa shape index (κ1) is 15.8. The maximum absolute atomic E-state index is 11.7. The summed E-state index contributed by atoms with van der Waals surface area (Å²) in [5.74, 6) is -0.413. The molecule has 0 bridgehead atoms. The van der Waals surface area contributed by atoms with Crippen molar-refractivity contribution in [1.82, 2.24) is 0 Å². The van der Waals surface area contributed by atoms with Gasteiger partial charge in [0.05, 0.1) is 18.4 Å². The van der Waals surface area contributed by atoms with Crippen LogP contribution in [-0.4, -0.2) is 26.2 Å². The third-order valence-corrected chi connectivity index (χ3v) is 4.03. The van der Waals surface area contributed by atoms with Gasteiger partial charge in [-0.15, -0.1) is 0 Å². The van der Waals surface area contributed by atoms with Gasteiger partial charge in [0.1, 0.15) is 0 Å². The summed E-state index contributed by atoms with van der Waals surface area (Å²) in [7, 11) is 3.38. The van der Waals surface area contributed by atoms with E-state index in [4.69, 9.17) is 10.5 Å². The lowest BCUT2D eigenvalue weighted by Crippen LogP contribution is -2.30. The van der Waals surface area contributed by atoms with Crippen LogP contribution >= 0.6 is 15.9 Å². The highest BCUT2D eigenvalue weighted by Gasteiger charge is 2.18. The molecule has 0 fully saturated rings. The van der Waals surface area contributed by atoms with Crippen molar-refractivity contribution in [2.45, 2.75) is 32.7 Å². The zero-order valence-corrected chi connectivity index (χ0v) is 13.5. The first-order valence-electron chi connectivity index (χ1n) is 6.36. The summed E-state index contributed by atoms with van der Waals surface area (Å²) < 4.78 is 5.63. The van der Waals surface area contributed by atoms with Crippen molar-refractivity contribution in [3.05, 3.63) is 22.2 Å². The van der Waals surface area contributed by atoms with Crippen LogP contribution in [0.2, 0.25) is 0 Å². The van der Waals surface area contributed by atoms with Crippen molar-refractivity contribution in [3.8, 4) is 0 Å². The third kappa shape index (κ3) is 3.41. The van der Waals surface area contributed by atoms with Crippen molar-refractivity contribution in [3.63, 3.8) is 0 Å². The molecule has 4 nitrogen and oxygen atoms in total. The lowest BCUT2D eigenvalue weighted by molar-refractivity contribution is 0.0602.